The van der Waals surface area contributed by atoms with Crippen LogP contribution in [0.2, 0.25) is 0 Å². The molecule has 0 saturated heterocycles. The first-order valence-electron chi connectivity index (χ1n) is 15.6. The summed E-state index contributed by atoms with van der Waals surface area (Å²) in [6.07, 6.45) is 0.635. The maximum Gasteiger partial charge on any atom is 0.238 e. The minimum Gasteiger partial charge on any atom is -0.378 e. The molecule has 2 atom stereocenters. The molecule has 1 fully saturated rings. The Kier molecular flexibility index (Phi) is 8.51. The smallest absolute Gasteiger partial charge is 0.238 e. The van der Waals surface area contributed by atoms with E-state index in [0.29, 0.717) is 35.1 Å². The molecule has 0 aromatic heterocycles. The Morgan fingerprint density at radius 1 is 0.600 bits per heavy atom. The zero-order chi connectivity index (χ0) is 32.7. The molecule has 5 rings (SSSR count). The summed E-state index contributed by atoms with van der Waals surface area (Å²) < 4.78 is 0. The minimum absolute atomic E-state index is 0.318. The Bertz CT molecular complexity index is 1470. The number of benzene rings is 4. The highest BCUT2D eigenvalue weighted by molar-refractivity contribution is 6.07. The maximum absolute atomic E-state index is 14.8. The van der Waals surface area contributed by atoms with Gasteiger partial charge in [0.1, 0.15) is 16.6 Å². The third-order valence-electron chi connectivity index (χ3n) is 9.88. The van der Waals surface area contributed by atoms with Crippen molar-refractivity contribution in [1.82, 2.24) is 4.90 Å². The van der Waals surface area contributed by atoms with Crippen LogP contribution in [0.4, 0.5) is 0 Å². The second-order valence-electron chi connectivity index (χ2n) is 13.0. The van der Waals surface area contributed by atoms with Crippen molar-refractivity contribution in [3.05, 3.63) is 142 Å². The van der Waals surface area contributed by atoms with Crippen LogP contribution in [0.5, 0.6) is 0 Å². The maximum atomic E-state index is 14.8. The number of aryl methyl sites for hydroxylation is 4. The lowest BCUT2D eigenvalue weighted by Crippen LogP contribution is -2.63. The second kappa shape index (κ2) is 11.9. The fraction of sp³-hybridized carbons (Fsp3) is 0.333. The number of amides is 2. The lowest BCUT2D eigenvalue weighted by molar-refractivity contribution is -0.158. The molecule has 1 aliphatic carbocycles. The van der Waals surface area contributed by atoms with Crippen molar-refractivity contribution < 1.29 is 19.8 Å². The molecule has 0 unspecified atom stereocenters. The molecule has 6 nitrogen and oxygen atoms in total. The summed E-state index contributed by atoms with van der Waals surface area (Å²) in [7, 11) is 0. The Hall–Kier alpha value is -4.26. The van der Waals surface area contributed by atoms with E-state index < -0.39 is 40.5 Å². The van der Waals surface area contributed by atoms with Gasteiger partial charge in [-0.05, 0) is 76.6 Å². The number of carbonyl (C=O) groups excluding carboxylic acids is 2. The molecule has 6 heteroatoms. The fourth-order valence-electron chi connectivity index (χ4n) is 6.56. The van der Waals surface area contributed by atoms with Crippen LogP contribution in [0, 0.1) is 33.1 Å². The number of hydrogen-bond acceptors (Lipinski definition) is 4. The van der Waals surface area contributed by atoms with Crippen molar-refractivity contribution in [3.63, 3.8) is 0 Å². The minimum atomic E-state index is -1.71. The van der Waals surface area contributed by atoms with E-state index in [1.807, 2.05) is 125 Å². The Balaban J connectivity index is 1.76. The monoisotopic (exact) mass is 604 g/mol. The van der Waals surface area contributed by atoms with Gasteiger partial charge in [0.25, 0.3) is 0 Å². The normalized spacial score (nSPS) is 15.6. The van der Waals surface area contributed by atoms with Crippen LogP contribution in [0.25, 0.3) is 0 Å². The SMILES string of the molecule is Cc1ccc(C(O)(c2ccc(C)cc2)[C@@H](C)N(C(=O)C2(C(N)=O)CC2)[C@H](C)C(O)(c2ccc(C)cc2)c2ccc(C)cc2)cc1. The van der Waals surface area contributed by atoms with Crippen molar-refractivity contribution in [2.75, 3.05) is 0 Å². The average molecular weight is 605 g/mol. The lowest BCUT2D eigenvalue weighted by Gasteiger charge is -2.50. The van der Waals surface area contributed by atoms with Gasteiger partial charge in [-0.1, -0.05) is 119 Å². The number of nitrogens with two attached hydrogens (primary N) is 1. The van der Waals surface area contributed by atoms with Gasteiger partial charge in [-0.2, -0.15) is 0 Å². The molecule has 4 aromatic carbocycles. The third kappa shape index (κ3) is 5.58. The molecule has 1 aliphatic rings. The molecule has 0 radical (unpaired) electrons. The topological polar surface area (TPSA) is 104 Å². The van der Waals surface area contributed by atoms with Crippen molar-refractivity contribution >= 4 is 11.8 Å². The lowest BCUT2D eigenvalue weighted by atomic mass is 9.75. The fourth-order valence-corrected chi connectivity index (χ4v) is 6.56. The Morgan fingerprint density at radius 2 is 0.844 bits per heavy atom. The van der Waals surface area contributed by atoms with Crippen molar-refractivity contribution in [2.45, 2.75) is 77.7 Å². The zero-order valence-corrected chi connectivity index (χ0v) is 27.0. The first-order valence-corrected chi connectivity index (χ1v) is 15.6. The van der Waals surface area contributed by atoms with Crippen LogP contribution in [-0.4, -0.2) is 39.0 Å². The molecule has 45 heavy (non-hydrogen) atoms. The van der Waals surface area contributed by atoms with Crippen LogP contribution in [0.1, 0.15) is 71.2 Å². The zero-order valence-electron chi connectivity index (χ0n) is 27.0. The largest absolute Gasteiger partial charge is 0.378 e. The summed E-state index contributed by atoms with van der Waals surface area (Å²) in [5.74, 6) is -1.19. The molecule has 0 heterocycles. The standard InChI is InChI=1S/C39H44N2O4/c1-25-7-15-31(16-8-25)38(44,32-17-9-26(2)10-18-32)29(5)41(36(43)37(23-24-37)35(40)42)30(6)39(45,33-19-11-27(3)12-20-33)34-21-13-28(4)14-22-34/h7-22,29-30,44-45H,23-24H2,1-6H3,(H2,40,42)/t29-,30-/m1/s1. The van der Waals surface area contributed by atoms with Crippen molar-refractivity contribution in [2.24, 2.45) is 11.1 Å². The molecule has 0 spiro atoms. The average Bonchev–Trinajstić information content (AvgIpc) is 3.84. The van der Waals surface area contributed by atoms with Crippen LogP contribution >= 0.6 is 0 Å². The van der Waals surface area contributed by atoms with E-state index in [1.54, 1.807) is 13.8 Å². The summed E-state index contributed by atoms with van der Waals surface area (Å²) in [6.45, 7) is 11.5. The molecule has 234 valence electrons. The van der Waals surface area contributed by atoms with Gasteiger partial charge in [0.05, 0.1) is 12.1 Å². The number of carbonyl (C=O) groups is 2. The second-order valence-corrected chi connectivity index (χ2v) is 13.0. The van der Waals surface area contributed by atoms with Gasteiger partial charge in [0.15, 0.2) is 0 Å². The van der Waals surface area contributed by atoms with Gasteiger partial charge < -0.3 is 20.8 Å². The first kappa shape index (κ1) is 32.1. The summed E-state index contributed by atoms with van der Waals surface area (Å²) in [5.41, 5.74) is 7.54. The number of hydrogen-bond donors (Lipinski definition) is 3. The highest BCUT2D eigenvalue weighted by atomic mass is 16.3. The Morgan fingerprint density at radius 3 is 1.04 bits per heavy atom. The van der Waals surface area contributed by atoms with E-state index in [1.165, 1.54) is 4.90 Å². The highest BCUT2D eigenvalue weighted by Gasteiger charge is 2.61. The van der Waals surface area contributed by atoms with Crippen molar-refractivity contribution in [1.29, 1.82) is 0 Å². The van der Waals surface area contributed by atoms with E-state index in [4.69, 9.17) is 5.73 Å². The summed E-state index contributed by atoms with van der Waals surface area (Å²) in [5, 5.41) is 26.0. The quantitative estimate of drug-likeness (QED) is 0.194. The number of nitrogens with zero attached hydrogens (tertiary/aromatic N) is 1. The number of primary amides is 1. The molecule has 4 aromatic rings. The van der Waals surface area contributed by atoms with E-state index in [9.17, 15) is 19.8 Å². The number of rotatable bonds is 10. The first-order chi connectivity index (χ1) is 21.2. The van der Waals surface area contributed by atoms with Crippen LogP contribution in [0.15, 0.2) is 97.1 Å². The molecular formula is C39H44N2O4. The van der Waals surface area contributed by atoms with Gasteiger partial charge in [0, 0.05) is 0 Å². The molecule has 0 bridgehead atoms. The van der Waals surface area contributed by atoms with E-state index in [0.717, 1.165) is 22.3 Å². The number of aliphatic hydroxyl groups is 2. The van der Waals surface area contributed by atoms with E-state index in [2.05, 4.69) is 0 Å². The summed E-state index contributed by atoms with van der Waals surface area (Å²) in [6, 6.07) is 28.5. The highest BCUT2D eigenvalue weighted by Crippen LogP contribution is 2.50. The summed E-state index contributed by atoms with van der Waals surface area (Å²) in [4.78, 5) is 29.2. The predicted octanol–water partition coefficient (Wildman–Crippen LogP) is 5.96. The molecule has 1 saturated carbocycles. The van der Waals surface area contributed by atoms with E-state index >= 15 is 0 Å². The molecule has 4 N–H and O–H groups in total. The molecular weight excluding hydrogens is 560 g/mol. The van der Waals surface area contributed by atoms with Gasteiger partial charge in [0.2, 0.25) is 11.8 Å². The third-order valence-corrected chi connectivity index (χ3v) is 9.88. The van der Waals surface area contributed by atoms with Crippen LogP contribution in [-0.2, 0) is 20.8 Å². The van der Waals surface area contributed by atoms with Crippen molar-refractivity contribution in [3.8, 4) is 0 Å². The molecule has 0 aliphatic heterocycles. The summed E-state index contributed by atoms with van der Waals surface area (Å²) >= 11 is 0. The van der Waals surface area contributed by atoms with Crippen LogP contribution < -0.4 is 5.73 Å². The van der Waals surface area contributed by atoms with Gasteiger partial charge in [-0.25, -0.2) is 0 Å². The van der Waals surface area contributed by atoms with Gasteiger partial charge in [-0.3, -0.25) is 9.59 Å². The Labute approximate surface area is 266 Å². The van der Waals surface area contributed by atoms with Crippen LogP contribution in [0.3, 0.4) is 0 Å². The van der Waals surface area contributed by atoms with Gasteiger partial charge in [-0.15, -0.1) is 0 Å². The van der Waals surface area contributed by atoms with E-state index in [-0.39, 0.29) is 0 Å². The molecule has 2 amide bonds. The van der Waals surface area contributed by atoms with Gasteiger partial charge >= 0.3 is 0 Å². The predicted molar refractivity (Wildman–Crippen MR) is 177 cm³/mol.